The van der Waals surface area contributed by atoms with Gasteiger partial charge in [0.25, 0.3) is 0 Å². The molecule has 234 valence electrons. The maximum Gasteiger partial charge on any atom is 0.416 e. The summed E-state index contributed by atoms with van der Waals surface area (Å²) >= 11 is 0. The summed E-state index contributed by atoms with van der Waals surface area (Å²) in [5.74, 6) is 0.410. The smallest absolute Gasteiger partial charge is 0.416 e. The molecule has 2 bridgehead atoms. The Kier molecular flexibility index (Phi) is 11.5. The van der Waals surface area contributed by atoms with Gasteiger partial charge < -0.3 is 30.4 Å². The summed E-state index contributed by atoms with van der Waals surface area (Å²) in [5.41, 5.74) is 1.44. The number of carbonyl (C=O) groups is 2. The molecule has 0 saturated heterocycles. The molecule has 0 radical (unpaired) electrons. The molecule has 11 heteroatoms. The predicted octanol–water partition coefficient (Wildman–Crippen LogP) is 4.95. The number of halogens is 3. The number of benzene rings is 2. The summed E-state index contributed by atoms with van der Waals surface area (Å²) in [6.07, 6.45) is -0.130. The van der Waals surface area contributed by atoms with Crippen molar-refractivity contribution in [3.05, 3.63) is 65.4 Å². The van der Waals surface area contributed by atoms with Crippen molar-refractivity contribution < 1.29 is 32.6 Å². The molecule has 1 aliphatic rings. The van der Waals surface area contributed by atoms with E-state index in [1.54, 1.807) is 6.07 Å². The van der Waals surface area contributed by atoms with E-state index < -0.39 is 23.9 Å². The van der Waals surface area contributed by atoms with Crippen molar-refractivity contribution in [3.8, 4) is 5.75 Å². The maximum absolute atomic E-state index is 13.1. The predicted molar refractivity (Wildman–Crippen MR) is 159 cm³/mol. The lowest BCUT2D eigenvalue weighted by Gasteiger charge is -2.25. The van der Waals surface area contributed by atoms with Gasteiger partial charge in [0.15, 0.2) is 0 Å². The van der Waals surface area contributed by atoms with Crippen LogP contribution in [0.3, 0.4) is 0 Å². The second kappa shape index (κ2) is 15.2. The molecule has 4 N–H and O–H groups in total. The van der Waals surface area contributed by atoms with Gasteiger partial charge in [-0.15, -0.1) is 0 Å². The van der Waals surface area contributed by atoms with Gasteiger partial charge >= 0.3 is 6.18 Å². The molecule has 0 aliphatic carbocycles. The lowest BCUT2D eigenvalue weighted by Crippen LogP contribution is -2.48. The van der Waals surface area contributed by atoms with Gasteiger partial charge in [0.1, 0.15) is 5.75 Å². The minimum Gasteiger partial charge on any atom is -0.494 e. The number of hydrogen-bond acceptors (Lipinski definition) is 5. The van der Waals surface area contributed by atoms with Crippen LogP contribution in [0, 0.1) is 0 Å². The molecule has 0 fully saturated rings. The van der Waals surface area contributed by atoms with Crippen molar-refractivity contribution in [1.82, 2.24) is 20.5 Å². The Hall–Kier alpha value is -3.57. The number of nitrogens with zero attached hydrogens (tertiary/aromatic N) is 1. The zero-order valence-corrected chi connectivity index (χ0v) is 24.5. The third-order valence-corrected chi connectivity index (χ3v) is 7.65. The standard InChI is InChI=1S/C32H41F3N4O4/c1-2-13-39-14-3-4-15-43-25-17-23(26-11-12-37-27(26)19-25)18-28(38-30(41)9-6-10-31(39)42)29(40)21-36-20-22-7-5-8-24(16-22)32(33,34)35/h5,7-8,11-12,16-17,19,28-29,36-37,40H,2-4,6,9-10,13-15,18,20-21H2,1H3,(H,38,41)/t28-,29+/m0/s1. The minimum absolute atomic E-state index is 0.0243. The zero-order chi connectivity index (χ0) is 30.8. The van der Waals surface area contributed by atoms with E-state index in [9.17, 15) is 27.9 Å². The number of carbonyl (C=O) groups excluding carboxylic acids is 2. The Morgan fingerprint density at radius 2 is 1.95 bits per heavy atom. The van der Waals surface area contributed by atoms with Crippen LogP contribution in [0.15, 0.2) is 48.7 Å². The lowest BCUT2D eigenvalue weighted by molar-refractivity contribution is -0.137. The number of aromatic nitrogens is 1. The molecule has 3 aromatic rings. The van der Waals surface area contributed by atoms with E-state index in [-0.39, 0.29) is 37.7 Å². The molecule has 0 saturated carbocycles. The van der Waals surface area contributed by atoms with Crippen molar-refractivity contribution >= 4 is 22.7 Å². The minimum atomic E-state index is -4.44. The largest absolute Gasteiger partial charge is 0.494 e. The van der Waals surface area contributed by atoms with Gasteiger partial charge in [-0.25, -0.2) is 0 Å². The number of nitrogens with one attached hydrogen (secondary N) is 3. The van der Waals surface area contributed by atoms with Crippen molar-refractivity contribution in [2.45, 2.75) is 76.7 Å². The van der Waals surface area contributed by atoms with E-state index in [0.29, 0.717) is 43.9 Å². The SMILES string of the molecule is CCCN1CCCCOc2cc(c3cc[nH]c3c2)C[C@@H]([C@H](O)CNCc2cccc(C(F)(F)F)c2)NC(=O)CCCC1=O. The molecule has 0 unspecified atom stereocenters. The summed E-state index contributed by atoms with van der Waals surface area (Å²) < 4.78 is 45.4. The van der Waals surface area contributed by atoms with Crippen molar-refractivity contribution in [2.24, 2.45) is 0 Å². The first kappa shape index (κ1) is 32.3. The first-order valence-corrected chi connectivity index (χ1v) is 15.0. The summed E-state index contributed by atoms with van der Waals surface area (Å²) in [6.45, 7) is 3.98. The summed E-state index contributed by atoms with van der Waals surface area (Å²) in [6, 6.07) is 10.1. The first-order chi connectivity index (χ1) is 20.6. The Morgan fingerprint density at radius 3 is 2.74 bits per heavy atom. The highest BCUT2D eigenvalue weighted by Gasteiger charge is 2.30. The van der Waals surface area contributed by atoms with E-state index in [2.05, 4.69) is 15.6 Å². The molecule has 2 aromatic carbocycles. The number of hydrogen-bond donors (Lipinski definition) is 4. The molecular formula is C32H41F3N4O4. The second-order valence-electron chi connectivity index (χ2n) is 11.1. The van der Waals surface area contributed by atoms with Gasteiger partial charge in [-0.1, -0.05) is 25.1 Å². The molecule has 43 heavy (non-hydrogen) atoms. The van der Waals surface area contributed by atoms with Gasteiger partial charge in [-0.2, -0.15) is 13.2 Å². The zero-order valence-electron chi connectivity index (χ0n) is 24.5. The van der Waals surface area contributed by atoms with Gasteiger partial charge in [0, 0.05) is 62.2 Å². The van der Waals surface area contributed by atoms with Crippen molar-refractivity contribution in [2.75, 3.05) is 26.2 Å². The third kappa shape index (κ3) is 9.46. The number of H-pyrrole nitrogens is 1. The van der Waals surface area contributed by atoms with Crippen LogP contribution in [0.25, 0.3) is 10.9 Å². The van der Waals surface area contributed by atoms with Crippen LogP contribution < -0.4 is 15.4 Å². The van der Waals surface area contributed by atoms with E-state index in [1.807, 2.05) is 36.2 Å². The molecule has 1 aromatic heterocycles. The monoisotopic (exact) mass is 602 g/mol. The highest BCUT2D eigenvalue weighted by molar-refractivity contribution is 5.85. The number of ether oxygens (including phenoxy) is 1. The quantitative estimate of drug-likeness (QED) is 0.307. The highest BCUT2D eigenvalue weighted by atomic mass is 19.4. The van der Waals surface area contributed by atoms with E-state index in [0.717, 1.165) is 47.9 Å². The van der Waals surface area contributed by atoms with E-state index in [1.165, 1.54) is 6.07 Å². The molecule has 2 atom stereocenters. The number of alkyl halides is 3. The Labute approximate surface area is 250 Å². The number of aliphatic hydroxyl groups excluding tert-OH is 1. The Bertz CT molecular complexity index is 1360. The number of rotatable bonds is 7. The van der Waals surface area contributed by atoms with Gasteiger partial charge in [-0.3, -0.25) is 9.59 Å². The van der Waals surface area contributed by atoms with Crippen LogP contribution in [0.5, 0.6) is 5.75 Å². The fraction of sp³-hybridized carbons (Fsp3) is 0.500. The topological polar surface area (TPSA) is 107 Å². The normalized spacial score (nSPS) is 18.6. The van der Waals surface area contributed by atoms with E-state index in [4.69, 9.17) is 4.74 Å². The first-order valence-electron chi connectivity index (χ1n) is 15.0. The highest BCUT2D eigenvalue weighted by Crippen LogP contribution is 2.30. The molecule has 1 aliphatic heterocycles. The Balaban J connectivity index is 1.51. The molecule has 2 heterocycles. The number of aliphatic hydroxyl groups is 1. The van der Waals surface area contributed by atoms with Gasteiger partial charge in [-0.05, 0) is 61.4 Å². The maximum atomic E-state index is 13.1. The fourth-order valence-electron chi connectivity index (χ4n) is 5.41. The second-order valence-corrected chi connectivity index (χ2v) is 11.1. The summed E-state index contributed by atoms with van der Waals surface area (Å²) in [5, 5.41) is 18.1. The van der Waals surface area contributed by atoms with Crippen LogP contribution in [0.4, 0.5) is 13.2 Å². The number of aromatic amines is 1. The molecule has 4 rings (SSSR count). The van der Waals surface area contributed by atoms with Crippen molar-refractivity contribution in [3.63, 3.8) is 0 Å². The Morgan fingerprint density at radius 1 is 1.12 bits per heavy atom. The molecular weight excluding hydrogens is 561 g/mol. The lowest BCUT2D eigenvalue weighted by atomic mass is 9.97. The van der Waals surface area contributed by atoms with Crippen LogP contribution in [-0.2, 0) is 28.7 Å². The average Bonchev–Trinajstić information content (AvgIpc) is 3.44. The molecule has 0 spiro atoms. The number of amides is 2. The number of fused-ring (bicyclic) bond motifs is 4. The van der Waals surface area contributed by atoms with Gasteiger partial charge in [0.2, 0.25) is 11.8 Å². The van der Waals surface area contributed by atoms with Crippen LogP contribution in [-0.4, -0.2) is 65.2 Å². The molecule has 8 nitrogen and oxygen atoms in total. The van der Waals surface area contributed by atoms with Gasteiger partial charge in [0.05, 0.1) is 24.3 Å². The van der Waals surface area contributed by atoms with Crippen LogP contribution >= 0.6 is 0 Å². The summed E-state index contributed by atoms with van der Waals surface area (Å²) in [7, 11) is 0. The summed E-state index contributed by atoms with van der Waals surface area (Å²) in [4.78, 5) is 30.9. The van der Waals surface area contributed by atoms with Crippen LogP contribution in [0.2, 0.25) is 0 Å². The van der Waals surface area contributed by atoms with E-state index >= 15 is 0 Å². The fourth-order valence-corrected chi connectivity index (χ4v) is 5.41. The van der Waals surface area contributed by atoms with Crippen molar-refractivity contribution in [1.29, 1.82) is 0 Å². The van der Waals surface area contributed by atoms with Crippen LogP contribution in [0.1, 0.15) is 62.1 Å². The third-order valence-electron chi connectivity index (χ3n) is 7.65. The molecule has 2 amide bonds. The average molecular weight is 603 g/mol.